The quantitative estimate of drug-likeness (QED) is 0.787. The maximum Gasteiger partial charge on any atom is 0.243 e. The Balaban J connectivity index is 2.67. The van der Waals surface area contributed by atoms with Crippen molar-refractivity contribution in [1.29, 1.82) is 0 Å². The largest absolute Gasteiger partial charge is 0.338 e. The average molecular weight is 197 g/mol. The van der Waals surface area contributed by atoms with Gasteiger partial charge in [-0.2, -0.15) is 4.98 Å². The lowest BCUT2D eigenvalue weighted by Gasteiger charge is -2.03. The minimum atomic E-state index is -0.106. The minimum Gasteiger partial charge on any atom is -0.338 e. The molecular weight excluding hydrogens is 178 g/mol. The van der Waals surface area contributed by atoms with Gasteiger partial charge >= 0.3 is 0 Å². The van der Waals surface area contributed by atoms with Crippen molar-refractivity contribution in [2.45, 2.75) is 52.0 Å². The van der Waals surface area contributed by atoms with Gasteiger partial charge in [-0.05, 0) is 12.8 Å². The molecule has 0 fully saturated rings. The van der Waals surface area contributed by atoms with Gasteiger partial charge in [-0.15, -0.1) is 0 Å². The van der Waals surface area contributed by atoms with E-state index in [9.17, 15) is 0 Å². The third kappa shape index (κ3) is 2.54. The van der Waals surface area contributed by atoms with Crippen LogP contribution in [0, 0.1) is 0 Å². The third-order valence-electron chi connectivity index (χ3n) is 2.43. The molecule has 0 amide bonds. The van der Waals surface area contributed by atoms with E-state index in [2.05, 4.69) is 30.9 Å². The van der Waals surface area contributed by atoms with E-state index in [1.165, 1.54) is 0 Å². The van der Waals surface area contributed by atoms with Gasteiger partial charge in [0.2, 0.25) is 5.89 Å². The van der Waals surface area contributed by atoms with Crippen molar-refractivity contribution in [3.05, 3.63) is 11.7 Å². The summed E-state index contributed by atoms with van der Waals surface area (Å²) >= 11 is 0. The molecule has 0 aliphatic rings. The van der Waals surface area contributed by atoms with Crippen LogP contribution < -0.4 is 5.73 Å². The summed E-state index contributed by atoms with van der Waals surface area (Å²) in [6, 6.07) is -0.106. The van der Waals surface area contributed by atoms with Crippen molar-refractivity contribution in [3.8, 4) is 0 Å². The van der Waals surface area contributed by atoms with Gasteiger partial charge in [0.15, 0.2) is 5.82 Å². The van der Waals surface area contributed by atoms with Crippen LogP contribution in [0.2, 0.25) is 0 Å². The Morgan fingerprint density at radius 3 is 2.71 bits per heavy atom. The first-order valence-electron chi connectivity index (χ1n) is 5.28. The molecule has 14 heavy (non-hydrogen) atoms. The van der Waals surface area contributed by atoms with Crippen LogP contribution in [-0.2, 0) is 0 Å². The smallest absolute Gasteiger partial charge is 0.243 e. The van der Waals surface area contributed by atoms with Crippen molar-refractivity contribution in [1.82, 2.24) is 10.1 Å². The molecule has 4 nitrogen and oxygen atoms in total. The van der Waals surface area contributed by atoms with Gasteiger partial charge in [-0.25, -0.2) is 0 Å². The normalized spacial score (nSPS) is 15.4. The van der Waals surface area contributed by atoms with Crippen molar-refractivity contribution in [3.63, 3.8) is 0 Å². The highest BCUT2D eigenvalue weighted by molar-refractivity contribution is 4.96. The molecule has 0 bridgehead atoms. The molecule has 0 radical (unpaired) electrons. The molecular formula is C10H19N3O. The van der Waals surface area contributed by atoms with Gasteiger partial charge in [0.25, 0.3) is 0 Å². The first-order valence-corrected chi connectivity index (χ1v) is 5.28. The van der Waals surface area contributed by atoms with Crippen molar-refractivity contribution < 1.29 is 4.52 Å². The third-order valence-corrected chi connectivity index (χ3v) is 2.43. The van der Waals surface area contributed by atoms with Gasteiger partial charge in [0, 0.05) is 5.92 Å². The van der Waals surface area contributed by atoms with E-state index >= 15 is 0 Å². The zero-order chi connectivity index (χ0) is 10.6. The number of nitrogens with zero attached hydrogens (tertiary/aromatic N) is 2. The summed E-state index contributed by atoms with van der Waals surface area (Å²) in [6.45, 7) is 6.28. The molecule has 0 aromatic carbocycles. The van der Waals surface area contributed by atoms with E-state index in [4.69, 9.17) is 10.3 Å². The fourth-order valence-corrected chi connectivity index (χ4v) is 1.22. The first kappa shape index (κ1) is 11.2. The van der Waals surface area contributed by atoms with Crippen LogP contribution in [0.25, 0.3) is 0 Å². The molecule has 0 aliphatic carbocycles. The monoisotopic (exact) mass is 197 g/mol. The summed E-state index contributed by atoms with van der Waals surface area (Å²) in [7, 11) is 0. The topological polar surface area (TPSA) is 64.9 Å². The second kappa shape index (κ2) is 5.10. The lowest BCUT2D eigenvalue weighted by atomic mass is 10.1. The van der Waals surface area contributed by atoms with Gasteiger partial charge in [-0.1, -0.05) is 32.3 Å². The molecule has 0 saturated heterocycles. The summed E-state index contributed by atoms with van der Waals surface area (Å²) in [4.78, 5) is 4.30. The summed E-state index contributed by atoms with van der Waals surface area (Å²) < 4.78 is 5.12. The maximum absolute atomic E-state index is 5.86. The highest BCUT2D eigenvalue weighted by Gasteiger charge is 2.16. The highest BCUT2D eigenvalue weighted by atomic mass is 16.5. The number of nitrogens with two attached hydrogens (primary N) is 1. The Bertz CT molecular complexity index is 272. The van der Waals surface area contributed by atoms with Crippen LogP contribution in [0.15, 0.2) is 4.52 Å². The number of aromatic nitrogens is 2. The predicted molar refractivity (Wildman–Crippen MR) is 54.8 cm³/mol. The molecule has 0 spiro atoms. The molecule has 1 aromatic heterocycles. The lowest BCUT2D eigenvalue weighted by molar-refractivity contribution is 0.342. The summed E-state index contributed by atoms with van der Waals surface area (Å²) in [5.74, 6) is 1.69. The zero-order valence-corrected chi connectivity index (χ0v) is 9.16. The van der Waals surface area contributed by atoms with E-state index in [0.717, 1.165) is 25.1 Å². The van der Waals surface area contributed by atoms with Crippen LogP contribution in [0.5, 0.6) is 0 Å². The van der Waals surface area contributed by atoms with Gasteiger partial charge in [0.1, 0.15) is 0 Å². The predicted octanol–water partition coefficient (Wildman–Crippen LogP) is 2.38. The fraction of sp³-hybridized carbons (Fsp3) is 0.800. The van der Waals surface area contributed by atoms with Gasteiger partial charge in [0.05, 0.1) is 6.04 Å². The van der Waals surface area contributed by atoms with Crippen molar-refractivity contribution >= 4 is 0 Å². The first-order chi connectivity index (χ1) is 6.69. The molecule has 1 unspecified atom stereocenters. The molecule has 1 heterocycles. The molecule has 0 saturated carbocycles. The second-order valence-corrected chi connectivity index (χ2v) is 3.70. The maximum atomic E-state index is 5.86. The standard InChI is InChI=1S/C10H19N3O/c1-4-6-8(11)10-12-9(13-14-10)7(3)5-2/h7-8H,4-6,11H2,1-3H3/t7?,8-/m0/s1. The molecule has 0 aliphatic heterocycles. The Kier molecular flexibility index (Phi) is 4.07. The van der Waals surface area contributed by atoms with E-state index < -0.39 is 0 Å². The molecule has 2 atom stereocenters. The second-order valence-electron chi connectivity index (χ2n) is 3.70. The van der Waals surface area contributed by atoms with E-state index in [0.29, 0.717) is 11.8 Å². The lowest BCUT2D eigenvalue weighted by Crippen LogP contribution is -2.10. The number of rotatable bonds is 5. The molecule has 80 valence electrons. The number of hydrogen-bond donors (Lipinski definition) is 1. The SMILES string of the molecule is CCC[C@H](N)c1nc(C(C)CC)no1. The van der Waals surface area contributed by atoms with E-state index in [1.54, 1.807) is 0 Å². The van der Waals surface area contributed by atoms with Gasteiger partial charge in [-0.3, -0.25) is 0 Å². The molecule has 1 aromatic rings. The van der Waals surface area contributed by atoms with Gasteiger partial charge < -0.3 is 10.3 Å². The van der Waals surface area contributed by atoms with E-state index in [-0.39, 0.29) is 6.04 Å². The van der Waals surface area contributed by atoms with Crippen LogP contribution in [0.1, 0.15) is 63.7 Å². The minimum absolute atomic E-state index is 0.106. The zero-order valence-electron chi connectivity index (χ0n) is 9.16. The van der Waals surface area contributed by atoms with Crippen molar-refractivity contribution in [2.75, 3.05) is 0 Å². The number of hydrogen-bond acceptors (Lipinski definition) is 4. The Hall–Kier alpha value is -0.900. The Morgan fingerprint density at radius 1 is 1.43 bits per heavy atom. The summed E-state index contributed by atoms with van der Waals surface area (Å²) in [5.41, 5.74) is 5.86. The summed E-state index contributed by atoms with van der Waals surface area (Å²) in [6.07, 6.45) is 2.94. The van der Waals surface area contributed by atoms with Crippen LogP contribution in [-0.4, -0.2) is 10.1 Å². The van der Waals surface area contributed by atoms with E-state index in [1.807, 2.05) is 0 Å². The molecule has 1 rings (SSSR count). The molecule has 2 N–H and O–H groups in total. The average Bonchev–Trinajstić information content (AvgIpc) is 2.66. The van der Waals surface area contributed by atoms with Crippen molar-refractivity contribution in [2.24, 2.45) is 5.73 Å². The Labute approximate surface area is 84.9 Å². The van der Waals surface area contributed by atoms with Crippen LogP contribution >= 0.6 is 0 Å². The highest BCUT2D eigenvalue weighted by Crippen LogP contribution is 2.18. The van der Waals surface area contributed by atoms with Crippen LogP contribution in [0.3, 0.4) is 0 Å². The summed E-state index contributed by atoms with van der Waals surface area (Å²) in [5, 5.41) is 3.92. The molecule has 4 heteroatoms. The van der Waals surface area contributed by atoms with Crippen LogP contribution in [0.4, 0.5) is 0 Å². The fourth-order valence-electron chi connectivity index (χ4n) is 1.22. The Morgan fingerprint density at radius 2 is 2.14 bits per heavy atom.